The van der Waals surface area contributed by atoms with Crippen molar-refractivity contribution in [2.75, 3.05) is 12.3 Å². The van der Waals surface area contributed by atoms with Gasteiger partial charge in [0, 0.05) is 6.42 Å². The van der Waals surface area contributed by atoms with E-state index in [2.05, 4.69) is 28.1 Å². The molecular weight excluding hydrogens is 507 g/mol. The van der Waals surface area contributed by atoms with Gasteiger partial charge in [0.25, 0.3) is 5.56 Å². The molecule has 2 aromatic rings. The number of fused-ring (bicyclic) bond motifs is 1. The van der Waals surface area contributed by atoms with Crippen molar-refractivity contribution < 1.29 is 56.3 Å². The summed E-state index contributed by atoms with van der Waals surface area (Å²) in [6, 6.07) is 0. The summed E-state index contributed by atoms with van der Waals surface area (Å²) in [7, 11) is -16.7. The van der Waals surface area contributed by atoms with E-state index in [0.717, 1.165) is 4.57 Å². The second-order valence-electron chi connectivity index (χ2n) is 6.27. The van der Waals surface area contributed by atoms with Crippen molar-refractivity contribution in [1.29, 1.82) is 0 Å². The van der Waals surface area contributed by atoms with Crippen molar-refractivity contribution in [2.45, 2.75) is 24.9 Å². The minimum atomic E-state index is -5.71. The summed E-state index contributed by atoms with van der Waals surface area (Å²) >= 11 is 0. The number of nitrogens with one attached hydrogen (secondary N) is 2. The summed E-state index contributed by atoms with van der Waals surface area (Å²) in [6.07, 6.45) is -4.29. The topological polar surface area (TPSA) is 299 Å². The lowest BCUT2D eigenvalue weighted by Gasteiger charge is -2.19. The number of H-pyrrole nitrogens is 2. The predicted molar refractivity (Wildman–Crippen MR) is 99.7 cm³/mol. The van der Waals surface area contributed by atoms with E-state index in [9.17, 15) is 33.3 Å². The molecule has 5 atom stereocenters. The van der Waals surface area contributed by atoms with Gasteiger partial charge in [-0.1, -0.05) is 0 Å². The lowest BCUT2D eigenvalue weighted by Crippen LogP contribution is -2.26. The third-order valence-corrected chi connectivity index (χ3v) is 7.71. The number of hydrogen-bond acceptors (Lipinski definition) is 12. The van der Waals surface area contributed by atoms with Crippen molar-refractivity contribution in [3.8, 4) is 0 Å². The molecule has 32 heavy (non-hydrogen) atoms. The molecule has 1 fully saturated rings. The molecule has 2 aromatic heterocycles. The van der Waals surface area contributed by atoms with Crippen molar-refractivity contribution in [2.24, 2.45) is 0 Å². The Balaban J connectivity index is 1.72. The SMILES string of the molecule is Nc1nc2c([nH]c(=O)n2C2C[C@H](O)C(COP(=O)(O)OP(=O)(O)OP(=O)(O)O)O2)c(=O)[nH]1. The number of nitrogens with two attached hydrogens (primary N) is 1. The Morgan fingerprint density at radius 1 is 1.12 bits per heavy atom. The summed E-state index contributed by atoms with van der Waals surface area (Å²) < 4.78 is 51.5. The molecule has 1 aliphatic rings. The summed E-state index contributed by atoms with van der Waals surface area (Å²) in [5.41, 5.74) is 3.46. The van der Waals surface area contributed by atoms with Crippen LogP contribution in [0, 0.1) is 0 Å². The van der Waals surface area contributed by atoms with Gasteiger partial charge in [0.2, 0.25) is 5.95 Å². The van der Waals surface area contributed by atoms with Gasteiger partial charge < -0.3 is 35.2 Å². The number of aromatic nitrogens is 4. The molecule has 22 heteroatoms. The molecule has 19 nitrogen and oxygen atoms in total. The van der Waals surface area contributed by atoms with Gasteiger partial charge in [-0.15, -0.1) is 0 Å². The molecule has 0 radical (unpaired) electrons. The smallest absolute Gasteiger partial charge is 0.390 e. The van der Waals surface area contributed by atoms with Gasteiger partial charge in [-0.3, -0.25) is 19.3 Å². The number of nitrogens with zero attached hydrogens (tertiary/aromatic N) is 2. The molecule has 0 amide bonds. The Morgan fingerprint density at radius 2 is 1.78 bits per heavy atom. The van der Waals surface area contributed by atoms with E-state index in [-0.39, 0.29) is 23.5 Å². The molecule has 0 bridgehead atoms. The molecule has 0 saturated carbocycles. The molecule has 0 spiro atoms. The first kappa shape index (κ1) is 24.9. The lowest BCUT2D eigenvalue weighted by atomic mass is 10.2. The van der Waals surface area contributed by atoms with Gasteiger partial charge in [-0.25, -0.2) is 23.1 Å². The average Bonchev–Trinajstić information content (AvgIpc) is 3.09. The van der Waals surface area contributed by atoms with Crippen LogP contribution in [0.15, 0.2) is 9.59 Å². The monoisotopic (exact) mass is 523 g/mol. The summed E-state index contributed by atoms with van der Waals surface area (Å²) in [5.74, 6) is -0.307. The van der Waals surface area contributed by atoms with Gasteiger partial charge in [0.05, 0.1) is 12.7 Å². The highest BCUT2D eigenvalue weighted by atomic mass is 31.3. The largest absolute Gasteiger partial charge is 0.490 e. The van der Waals surface area contributed by atoms with Gasteiger partial charge in [-0.05, 0) is 0 Å². The summed E-state index contributed by atoms with van der Waals surface area (Å²) in [6.45, 7) is -0.936. The number of anilines is 1. The predicted octanol–water partition coefficient (Wildman–Crippen LogP) is -2.01. The van der Waals surface area contributed by atoms with Crippen LogP contribution >= 0.6 is 23.5 Å². The minimum Gasteiger partial charge on any atom is -0.390 e. The summed E-state index contributed by atoms with van der Waals surface area (Å²) in [4.78, 5) is 67.9. The zero-order valence-electron chi connectivity index (χ0n) is 15.4. The molecule has 9 N–H and O–H groups in total. The van der Waals surface area contributed by atoms with E-state index < -0.39 is 59.8 Å². The van der Waals surface area contributed by atoms with Crippen LogP contribution in [0.5, 0.6) is 0 Å². The van der Waals surface area contributed by atoms with E-state index in [1.54, 1.807) is 0 Å². The maximum atomic E-state index is 12.2. The fourth-order valence-electron chi connectivity index (χ4n) is 2.79. The molecule has 3 heterocycles. The highest BCUT2D eigenvalue weighted by Crippen LogP contribution is 2.66. The van der Waals surface area contributed by atoms with E-state index in [4.69, 9.17) is 25.2 Å². The van der Waals surface area contributed by atoms with Crippen molar-refractivity contribution in [3.63, 3.8) is 0 Å². The van der Waals surface area contributed by atoms with E-state index in [1.807, 2.05) is 0 Å². The quantitative estimate of drug-likeness (QED) is 0.173. The normalized spacial score (nSPS) is 25.6. The number of aliphatic hydroxyl groups is 1. The molecule has 0 aliphatic carbocycles. The van der Waals surface area contributed by atoms with Gasteiger partial charge in [-0.2, -0.15) is 13.6 Å². The Bertz CT molecular complexity index is 1280. The highest BCUT2D eigenvalue weighted by Gasteiger charge is 2.43. The standard InChI is InChI=1S/C10H16N5O14P3/c11-9-13-7-6(8(17)14-9)12-10(18)15(7)5-1-3(16)4(27-5)2-26-31(22,23)29-32(24,25)28-30(19,20)21/h3-5,16H,1-2H2,(H,12,18)(H,22,23)(H,24,25)(H2,19,20,21)(H3,11,13,14,17)/t3-,4?,5?/m0/s1. The number of rotatable bonds is 8. The zero-order chi connectivity index (χ0) is 24.1. The lowest BCUT2D eigenvalue weighted by molar-refractivity contribution is -0.0432. The first-order chi connectivity index (χ1) is 14.6. The fraction of sp³-hybridized carbons (Fsp3) is 0.500. The molecule has 1 aliphatic heterocycles. The molecule has 1 saturated heterocycles. The Morgan fingerprint density at radius 3 is 2.41 bits per heavy atom. The Kier molecular flexibility index (Phi) is 6.67. The van der Waals surface area contributed by atoms with Crippen LogP contribution in [-0.4, -0.2) is 63.0 Å². The zero-order valence-corrected chi connectivity index (χ0v) is 18.1. The second kappa shape index (κ2) is 8.57. The van der Waals surface area contributed by atoms with Crippen LogP contribution in [0.4, 0.5) is 5.95 Å². The number of ether oxygens (including phenoxy) is 1. The second-order valence-corrected chi connectivity index (χ2v) is 10.7. The van der Waals surface area contributed by atoms with Crippen molar-refractivity contribution in [1.82, 2.24) is 19.5 Å². The maximum Gasteiger partial charge on any atom is 0.490 e. The first-order valence-corrected chi connectivity index (χ1v) is 12.7. The maximum absolute atomic E-state index is 12.2. The van der Waals surface area contributed by atoms with Crippen LogP contribution in [-0.2, 0) is 31.6 Å². The fourth-order valence-corrected chi connectivity index (χ4v) is 5.82. The summed E-state index contributed by atoms with van der Waals surface area (Å²) in [5, 5.41) is 10.1. The third-order valence-electron chi connectivity index (χ3n) is 3.91. The minimum absolute atomic E-state index is 0.193. The van der Waals surface area contributed by atoms with Crippen LogP contribution < -0.4 is 17.0 Å². The number of imidazole rings is 1. The Labute approximate surface area is 175 Å². The van der Waals surface area contributed by atoms with Crippen LogP contribution in [0.2, 0.25) is 0 Å². The van der Waals surface area contributed by atoms with Gasteiger partial charge >= 0.3 is 29.2 Å². The average molecular weight is 523 g/mol. The third kappa shape index (κ3) is 5.79. The number of phosphoric acid groups is 3. The molecule has 4 unspecified atom stereocenters. The molecule has 180 valence electrons. The van der Waals surface area contributed by atoms with Crippen LogP contribution in [0.1, 0.15) is 12.6 Å². The number of aliphatic hydroxyl groups excluding tert-OH is 1. The number of nitrogen functional groups attached to an aromatic ring is 1. The van der Waals surface area contributed by atoms with Crippen LogP contribution in [0.3, 0.4) is 0 Å². The Hall–Kier alpha value is -1.72. The number of hydrogen-bond donors (Lipinski definition) is 8. The van der Waals surface area contributed by atoms with Gasteiger partial charge in [0.1, 0.15) is 12.3 Å². The highest BCUT2D eigenvalue weighted by molar-refractivity contribution is 7.66. The number of aromatic amines is 2. The molecule has 3 rings (SSSR count). The first-order valence-electron chi connectivity index (χ1n) is 8.19. The van der Waals surface area contributed by atoms with E-state index in [1.165, 1.54) is 0 Å². The van der Waals surface area contributed by atoms with Crippen LogP contribution in [0.25, 0.3) is 11.2 Å². The van der Waals surface area contributed by atoms with E-state index in [0.29, 0.717) is 0 Å². The van der Waals surface area contributed by atoms with Crippen molar-refractivity contribution >= 4 is 40.6 Å². The van der Waals surface area contributed by atoms with E-state index >= 15 is 0 Å². The number of phosphoric ester groups is 1. The molecule has 0 aromatic carbocycles. The molecular formula is C10H16N5O14P3. The van der Waals surface area contributed by atoms with Crippen molar-refractivity contribution in [3.05, 3.63) is 20.8 Å². The van der Waals surface area contributed by atoms with Gasteiger partial charge in [0.15, 0.2) is 11.2 Å².